The maximum absolute atomic E-state index is 10.9. The molecule has 24 heavy (non-hydrogen) atoms. The van der Waals surface area contributed by atoms with Crippen molar-refractivity contribution in [2.75, 3.05) is 12.0 Å². The van der Waals surface area contributed by atoms with Crippen LogP contribution in [0.1, 0.15) is 5.56 Å². The van der Waals surface area contributed by atoms with Crippen LogP contribution in [-0.2, 0) is 4.79 Å². The van der Waals surface area contributed by atoms with E-state index in [0.717, 1.165) is 4.47 Å². The Morgan fingerprint density at radius 3 is 3.00 bits per heavy atom. The second kappa shape index (κ2) is 8.02. The second-order valence-corrected chi connectivity index (χ2v) is 5.28. The highest BCUT2D eigenvalue weighted by Gasteiger charge is 2.13. The zero-order valence-electron chi connectivity index (χ0n) is 12.0. The zero-order valence-corrected chi connectivity index (χ0v) is 13.6. The number of hydrogen-bond acceptors (Lipinski definition) is 7. The molecule has 0 aliphatic rings. The number of aromatic nitrogens is 1. The highest BCUT2D eigenvalue weighted by Crippen LogP contribution is 2.23. The number of hydrogen-bond donors (Lipinski definition) is 2. The van der Waals surface area contributed by atoms with Crippen LogP contribution in [0.3, 0.4) is 0 Å². The number of carboxylic acids is 1. The van der Waals surface area contributed by atoms with Crippen molar-refractivity contribution in [1.29, 1.82) is 0 Å². The number of nitro groups is 1. The van der Waals surface area contributed by atoms with Gasteiger partial charge < -0.3 is 9.84 Å². The van der Waals surface area contributed by atoms with E-state index in [4.69, 9.17) is 9.84 Å². The van der Waals surface area contributed by atoms with Gasteiger partial charge in [0.15, 0.2) is 6.61 Å². The number of pyridine rings is 1. The first kappa shape index (κ1) is 17.3. The minimum absolute atomic E-state index is 0.0123. The summed E-state index contributed by atoms with van der Waals surface area (Å²) in [6.07, 6.45) is 2.74. The van der Waals surface area contributed by atoms with E-state index < -0.39 is 17.5 Å². The molecular formula is C14H11BrN4O5. The Bertz CT molecular complexity index is 796. The summed E-state index contributed by atoms with van der Waals surface area (Å²) in [6, 6.07) is 7.67. The van der Waals surface area contributed by atoms with Crippen molar-refractivity contribution in [3.05, 3.63) is 56.7 Å². The Labute approximate surface area is 144 Å². The van der Waals surface area contributed by atoms with Gasteiger partial charge in [0.05, 0.1) is 11.1 Å². The second-order valence-electron chi connectivity index (χ2n) is 4.36. The number of rotatable bonds is 7. The SMILES string of the molecule is O=C(O)COc1ccc(Br)cc1/C=N/Nc1ncccc1[N+](=O)[O-]. The third-order valence-electron chi connectivity index (χ3n) is 2.68. The molecule has 124 valence electrons. The molecule has 0 fully saturated rings. The first-order valence-corrected chi connectivity index (χ1v) is 7.29. The van der Waals surface area contributed by atoms with E-state index >= 15 is 0 Å². The van der Waals surface area contributed by atoms with Gasteiger partial charge in [0.25, 0.3) is 0 Å². The summed E-state index contributed by atoms with van der Waals surface area (Å²) < 4.78 is 5.89. The van der Waals surface area contributed by atoms with Gasteiger partial charge >= 0.3 is 11.7 Å². The van der Waals surface area contributed by atoms with Gasteiger partial charge in [0.2, 0.25) is 5.82 Å². The lowest BCUT2D eigenvalue weighted by Gasteiger charge is -2.07. The Morgan fingerprint density at radius 2 is 2.29 bits per heavy atom. The van der Waals surface area contributed by atoms with E-state index in [-0.39, 0.29) is 11.5 Å². The molecule has 1 heterocycles. The lowest BCUT2D eigenvalue weighted by atomic mass is 10.2. The van der Waals surface area contributed by atoms with E-state index in [1.54, 1.807) is 18.2 Å². The van der Waals surface area contributed by atoms with Crippen LogP contribution >= 0.6 is 15.9 Å². The highest BCUT2D eigenvalue weighted by atomic mass is 79.9. The van der Waals surface area contributed by atoms with Crippen LogP contribution < -0.4 is 10.2 Å². The molecule has 10 heteroatoms. The normalized spacial score (nSPS) is 10.5. The molecule has 2 N–H and O–H groups in total. The molecule has 0 spiro atoms. The monoisotopic (exact) mass is 394 g/mol. The van der Waals surface area contributed by atoms with E-state index in [1.165, 1.54) is 24.5 Å². The Morgan fingerprint density at radius 1 is 1.50 bits per heavy atom. The molecule has 1 aromatic heterocycles. The predicted octanol–water partition coefficient (Wildman–Crippen LogP) is 2.66. The third-order valence-corrected chi connectivity index (χ3v) is 3.17. The van der Waals surface area contributed by atoms with Gasteiger partial charge in [0, 0.05) is 22.3 Å². The summed E-state index contributed by atoms with van der Waals surface area (Å²) in [6.45, 7) is -0.498. The van der Waals surface area contributed by atoms with Crippen molar-refractivity contribution in [3.63, 3.8) is 0 Å². The minimum atomic E-state index is -1.11. The third kappa shape index (κ3) is 4.74. The van der Waals surface area contributed by atoms with Gasteiger partial charge in [-0.1, -0.05) is 15.9 Å². The summed E-state index contributed by atoms with van der Waals surface area (Å²) in [5, 5.41) is 23.5. The molecule has 0 aliphatic carbocycles. The van der Waals surface area contributed by atoms with E-state index in [1.807, 2.05) is 0 Å². The van der Waals surface area contributed by atoms with Crippen molar-refractivity contribution in [3.8, 4) is 5.75 Å². The van der Waals surface area contributed by atoms with E-state index in [9.17, 15) is 14.9 Å². The van der Waals surface area contributed by atoms with Crippen molar-refractivity contribution < 1.29 is 19.6 Å². The maximum atomic E-state index is 10.9. The number of nitrogens with zero attached hydrogens (tertiary/aromatic N) is 3. The topological polar surface area (TPSA) is 127 Å². The summed E-state index contributed by atoms with van der Waals surface area (Å²) in [4.78, 5) is 24.8. The standard InChI is InChI=1S/C14H11BrN4O5/c15-10-3-4-12(24-8-13(20)21)9(6-10)7-17-18-14-11(19(22)23)2-1-5-16-14/h1-7H,8H2,(H,16,18)(H,20,21)/b17-7+. The number of ether oxygens (including phenoxy) is 1. The number of anilines is 1. The molecule has 2 aromatic rings. The van der Waals surface area contributed by atoms with Crippen LogP contribution in [0.2, 0.25) is 0 Å². The maximum Gasteiger partial charge on any atom is 0.341 e. The van der Waals surface area contributed by atoms with Crippen LogP contribution in [0.4, 0.5) is 11.5 Å². The molecule has 0 aliphatic heterocycles. The molecule has 0 atom stereocenters. The van der Waals surface area contributed by atoms with Crippen LogP contribution in [0, 0.1) is 10.1 Å². The smallest absolute Gasteiger partial charge is 0.341 e. The summed E-state index contributed by atoms with van der Waals surface area (Å²) in [5.41, 5.74) is 2.75. The van der Waals surface area contributed by atoms with Gasteiger partial charge in [-0.3, -0.25) is 15.5 Å². The fourth-order valence-electron chi connectivity index (χ4n) is 1.68. The van der Waals surface area contributed by atoms with Crippen molar-refractivity contribution >= 4 is 39.6 Å². The van der Waals surface area contributed by atoms with Crippen LogP contribution in [0.25, 0.3) is 0 Å². The average molecular weight is 395 g/mol. The number of carbonyl (C=O) groups is 1. The number of aliphatic carboxylic acids is 1. The van der Waals surface area contributed by atoms with E-state index in [2.05, 4.69) is 31.4 Å². The lowest BCUT2D eigenvalue weighted by Crippen LogP contribution is -2.10. The molecule has 2 rings (SSSR count). The van der Waals surface area contributed by atoms with Gasteiger partial charge in [-0.2, -0.15) is 5.10 Å². The van der Waals surface area contributed by atoms with Gasteiger partial charge in [-0.05, 0) is 24.3 Å². The largest absolute Gasteiger partial charge is 0.481 e. The van der Waals surface area contributed by atoms with Crippen molar-refractivity contribution in [1.82, 2.24) is 4.98 Å². The number of hydrazone groups is 1. The number of nitrogens with one attached hydrogen (secondary N) is 1. The molecule has 0 unspecified atom stereocenters. The molecule has 0 bridgehead atoms. The minimum Gasteiger partial charge on any atom is -0.481 e. The first-order valence-electron chi connectivity index (χ1n) is 6.50. The molecule has 0 amide bonds. The van der Waals surface area contributed by atoms with Crippen LogP contribution in [-0.4, -0.2) is 33.8 Å². The first-order chi connectivity index (χ1) is 11.5. The van der Waals surface area contributed by atoms with Crippen LogP contribution in [0.15, 0.2) is 46.1 Å². The molecular weight excluding hydrogens is 384 g/mol. The molecule has 0 saturated heterocycles. The number of carboxylic acid groups (broad SMARTS) is 1. The zero-order chi connectivity index (χ0) is 17.5. The molecule has 0 saturated carbocycles. The Kier molecular flexibility index (Phi) is 5.79. The fourth-order valence-corrected chi connectivity index (χ4v) is 2.06. The van der Waals surface area contributed by atoms with E-state index in [0.29, 0.717) is 11.3 Å². The Balaban J connectivity index is 2.18. The lowest BCUT2D eigenvalue weighted by molar-refractivity contribution is -0.384. The van der Waals surface area contributed by atoms with Gasteiger partial charge in [0.1, 0.15) is 5.75 Å². The van der Waals surface area contributed by atoms with Crippen LogP contribution in [0.5, 0.6) is 5.75 Å². The van der Waals surface area contributed by atoms with Crippen molar-refractivity contribution in [2.45, 2.75) is 0 Å². The number of benzene rings is 1. The summed E-state index contributed by atoms with van der Waals surface area (Å²) in [5.74, 6) is -0.813. The van der Waals surface area contributed by atoms with Gasteiger partial charge in [-0.15, -0.1) is 0 Å². The number of halogens is 1. The summed E-state index contributed by atoms with van der Waals surface area (Å²) >= 11 is 3.29. The predicted molar refractivity (Wildman–Crippen MR) is 89.4 cm³/mol. The quantitative estimate of drug-likeness (QED) is 0.419. The Hall–Kier alpha value is -3.01. The average Bonchev–Trinajstić information content (AvgIpc) is 2.54. The molecule has 0 radical (unpaired) electrons. The highest BCUT2D eigenvalue weighted by molar-refractivity contribution is 9.10. The molecule has 1 aromatic carbocycles. The summed E-state index contributed by atoms with van der Waals surface area (Å²) in [7, 11) is 0. The fraction of sp³-hybridized carbons (Fsp3) is 0.0714. The molecule has 9 nitrogen and oxygen atoms in total. The van der Waals surface area contributed by atoms with Crippen molar-refractivity contribution in [2.24, 2.45) is 5.10 Å². The van der Waals surface area contributed by atoms with Gasteiger partial charge in [-0.25, -0.2) is 9.78 Å².